The molecule has 0 aliphatic heterocycles. The maximum Gasteiger partial charge on any atom is 0.248 e. The van der Waals surface area contributed by atoms with Crippen LogP contribution in [0.15, 0.2) is 59.4 Å². The third kappa shape index (κ3) is 4.99. The molecule has 2 aliphatic carbocycles. The molecule has 5 nitrogen and oxygen atoms in total. The van der Waals surface area contributed by atoms with Crippen LogP contribution < -0.4 is 15.6 Å². The third-order valence-corrected chi connectivity index (χ3v) is 7.63. The maximum absolute atomic E-state index is 12.1. The van der Waals surface area contributed by atoms with E-state index in [1.54, 1.807) is 6.07 Å². The summed E-state index contributed by atoms with van der Waals surface area (Å²) in [4.78, 5) is 15.0. The molecule has 1 heterocycles. The molecule has 0 bridgehead atoms. The van der Waals surface area contributed by atoms with Crippen molar-refractivity contribution in [1.29, 1.82) is 0 Å². The van der Waals surface area contributed by atoms with E-state index in [4.69, 9.17) is 4.74 Å². The van der Waals surface area contributed by atoms with Crippen molar-refractivity contribution in [2.45, 2.75) is 63.7 Å². The van der Waals surface area contributed by atoms with Gasteiger partial charge in [0.1, 0.15) is 12.4 Å². The molecule has 5 heteroatoms. The number of ether oxygens (including phenoxy) is 1. The van der Waals surface area contributed by atoms with Gasteiger partial charge in [-0.1, -0.05) is 68.5 Å². The number of H-pyrrole nitrogens is 1. The van der Waals surface area contributed by atoms with Gasteiger partial charge < -0.3 is 20.1 Å². The van der Waals surface area contributed by atoms with Crippen LogP contribution in [0.4, 0.5) is 0 Å². The molecular formula is C28H34N2O3. The van der Waals surface area contributed by atoms with Gasteiger partial charge in [-0.3, -0.25) is 4.79 Å². The lowest BCUT2D eigenvalue weighted by atomic mass is 9.86. The number of aliphatic hydroxyl groups excluding tert-OH is 1. The molecule has 0 amide bonds. The molecule has 3 aromatic rings. The Balaban J connectivity index is 1.32. The van der Waals surface area contributed by atoms with Gasteiger partial charge in [0.15, 0.2) is 0 Å². The van der Waals surface area contributed by atoms with Crippen LogP contribution in [-0.2, 0) is 6.61 Å². The van der Waals surface area contributed by atoms with Crippen LogP contribution in [-0.4, -0.2) is 22.7 Å². The summed E-state index contributed by atoms with van der Waals surface area (Å²) >= 11 is 0. The molecule has 2 aromatic carbocycles. The van der Waals surface area contributed by atoms with E-state index in [1.807, 2.05) is 42.5 Å². The fraction of sp³-hybridized carbons (Fsp3) is 0.464. The van der Waals surface area contributed by atoms with E-state index in [2.05, 4.69) is 10.3 Å². The Morgan fingerprint density at radius 1 is 0.970 bits per heavy atom. The molecule has 2 fully saturated rings. The number of rotatable bonds is 8. The molecule has 2 aliphatic rings. The Bertz CT molecular complexity index is 1120. The van der Waals surface area contributed by atoms with Crippen molar-refractivity contribution in [3.05, 3.63) is 76.1 Å². The Morgan fingerprint density at radius 3 is 2.61 bits per heavy atom. The molecule has 0 saturated heterocycles. The lowest BCUT2D eigenvalue weighted by molar-refractivity contribution is 0.162. The summed E-state index contributed by atoms with van der Waals surface area (Å²) in [5.41, 5.74) is 2.34. The predicted octanol–water partition coefficient (Wildman–Crippen LogP) is 5.09. The molecular weight excluding hydrogens is 412 g/mol. The van der Waals surface area contributed by atoms with E-state index in [-0.39, 0.29) is 5.56 Å². The first-order valence-corrected chi connectivity index (χ1v) is 12.4. The maximum atomic E-state index is 12.1. The van der Waals surface area contributed by atoms with Crippen LogP contribution in [0.1, 0.15) is 62.2 Å². The van der Waals surface area contributed by atoms with Crippen LogP contribution in [0.5, 0.6) is 5.75 Å². The van der Waals surface area contributed by atoms with Crippen molar-refractivity contribution in [2.24, 2.45) is 11.8 Å². The van der Waals surface area contributed by atoms with Gasteiger partial charge in [-0.05, 0) is 47.9 Å². The number of pyridine rings is 1. The van der Waals surface area contributed by atoms with E-state index >= 15 is 0 Å². The SMILES string of the molecule is O=c1ccc2c([C@@H](O)CN[C@@H]3CCC[C@@H]3C3CCCC3)ccc(OCc3ccccc3)c2[nH]1. The lowest BCUT2D eigenvalue weighted by Crippen LogP contribution is -2.37. The fourth-order valence-electron chi connectivity index (χ4n) is 5.96. The lowest BCUT2D eigenvalue weighted by Gasteiger charge is -2.27. The van der Waals surface area contributed by atoms with Crippen molar-refractivity contribution >= 4 is 10.9 Å². The van der Waals surface area contributed by atoms with E-state index in [0.717, 1.165) is 28.3 Å². The average Bonchev–Trinajstić information content (AvgIpc) is 3.53. The molecule has 1 aromatic heterocycles. The zero-order valence-corrected chi connectivity index (χ0v) is 19.1. The molecule has 0 radical (unpaired) electrons. The van der Waals surface area contributed by atoms with Gasteiger partial charge in [0, 0.05) is 24.0 Å². The standard InChI is InChI=1S/C28H34N2O3/c31-25(17-29-24-12-6-11-21(24)20-9-4-5-10-20)22-13-15-26(28-23(22)14-16-27(32)30-28)33-18-19-7-2-1-3-8-19/h1-3,7-8,13-16,20-21,24-25,29,31H,4-6,9-12,17-18H2,(H,30,32)/t21-,24-,25+/m1/s1. The summed E-state index contributed by atoms with van der Waals surface area (Å²) in [6, 6.07) is 17.5. The number of hydrogen-bond acceptors (Lipinski definition) is 4. The first-order valence-electron chi connectivity index (χ1n) is 12.4. The quantitative estimate of drug-likeness (QED) is 0.451. The Labute approximate surface area is 195 Å². The predicted molar refractivity (Wildman–Crippen MR) is 131 cm³/mol. The van der Waals surface area contributed by atoms with Gasteiger partial charge in [0.05, 0.1) is 11.6 Å². The van der Waals surface area contributed by atoms with E-state index in [0.29, 0.717) is 30.5 Å². The first kappa shape index (κ1) is 22.2. The summed E-state index contributed by atoms with van der Waals surface area (Å²) < 4.78 is 6.04. The van der Waals surface area contributed by atoms with Gasteiger partial charge in [-0.2, -0.15) is 0 Å². The van der Waals surface area contributed by atoms with Crippen LogP contribution in [0.3, 0.4) is 0 Å². The Hall–Kier alpha value is -2.63. The van der Waals surface area contributed by atoms with E-state index in [9.17, 15) is 9.90 Å². The minimum atomic E-state index is -0.647. The second-order valence-corrected chi connectivity index (χ2v) is 9.71. The van der Waals surface area contributed by atoms with E-state index < -0.39 is 6.10 Å². The third-order valence-electron chi connectivity index (χ3n) is 7.63. The van der Waals surface area contributed by atoms with Gasteiger partial charge >= 0.3 is 0 Å². The van der Waals surface area contributed by atoms with Crippen molar-refractivity contribution in [3.8, 4) is 5.75 Å². The van der Waals surface area contributed by atoms with Crippen molar-refractivity contribution in [2.75, 3.05) is 6.54 Å². The fourth-order valence-corrected chi connectivity index (χ4v) is 5.96. The number of aromatic amines is 1. The zero-order chi connectivity index (χ0) is 22.6. The van der Waals surface area contributed by atoms with Gasteiger partial charge in [-0.15, -0.1) is 0 Å². The number of aromatic nitrogens is 1. The molecule has 33 heavy (non-hydrogen) atoms. The largest absolute Gasteiger partial charge is 0.487 e. The van der Waals surface area contributed by atoms with Gasteiger partial charge in [-0.25, -0.2) is 0 Å². The monoisotopic (exact) mass is 446 g/mol. The average molecular weight is 447 g/mol. The molecule has 0 unspecified atom stereocenters. The number of hydrogen-bond donors (Lipinski definition) is 3. The number of aliphatic hydroxyl groups is 1. The Kier molecular flexibility index (Phi) is 6.79. The van der Waals surface area contributed by atoms with Crippen LogP contribution in [0.2, 0.25) is 0 Å². The smallest absolute Gasteiger partial charge is 0.248 e. The van der Waals surface area contributed by atoms with Crippen molar-refractivity contribution < 1.29 is 9.84 Å². The molecule has 0 spiro atoms. The van der Waals surface area contributed by atoms with Crippen LogP contribution in [0, 0.1) is 11.8 Å². The highest BCUT2D eigenvalue weighted by Gasteiger charge is 2.35. The normalized spacial score (nSPS) is 22.1. The summed E-state index contributed by atoms with van der Waals surface area (Å²) in [6.07, 6.45) is 8.64. The van der Waals surface area contributed by atoms with Crippen molar-refractivity contribution in [1.82, 2.24) is 10.3 Å². The summed E-state index contributed by atoms with van der Waals surface area (Å²) in [5, 5.41) is 15.6. The second-order valence-electron chi connectivity index (χ2n) is 9.71. The molecule has 3 atom stereocenters. The van der Waals surface area contributed by atoms with Crippen LogP contribution in [0.25, 0.3) is 10.9 Å². The Morgan fingerprint density at radius 2 is 1.79 bits per heavy atom. The second kappa shape index (κ2) is 10.1. The van der Waals surface area contributed by atoms with E-state index in [1.165, 1.54) is 51.0 Å². The van der Waals surface area contributed by atoms with Gasteiger partial charge in [0.2, 0.25) is 5.56 Å². The summed E-state index contributed by atoms with van der Waals surface area (Å²) in [5.74, 6) is 2.23. The molecule has 3 N–H and O–H groups in total. The minimum absolute atomic E-state index is 0.179. The highest BCUT2D eigenvalue weighted by atomic mass is 16.5. The highest BCUT2D eigenvalue weighted by molar-refractivity contribution is 5.87. The van der Waals surface area contributed by atoms with Gasteiger partial charge in [0.25, 0.3) is 0 Å². The first-order chi connectivity index (χ1) is 16.2. The summed E-state index contributed by atoms with van der Waals surface area (Å²) in [6.45, 7) is 0.937. The minimum Gasteiger partial charge on any atom is -0.487 e. The molecule has 2 saturated carbocycles. The molecule has 5 rings (SSSR count). The molecule has 174 valence electrons. The van der Waals surface area contributed by atoms with Crippen molar-refractivity contribution in [3.63, 3.8) is 0 Å². The number of nitrogens with one attached hydrogen (secondary N) is 2. The topological polar surface area (TPSA) is 74.3 Å². The number of fused-ring (bicyclic) bond motifs is 1. The summed E-state index contributed by atoms with van der Waals surface area (Å²) in [7, 11) is 0. The zero-order valence-electron chi connectivity index (χ0n) is 19.1. The highest BCUT2D eigenvalue weighted by Crippen LogP contribution is 2.40. The van der Waals surface area contributed by atoms with Crippen LogP contribution >= 0.6 is 0 Å². The number of benzene rings is 2.